The van der Waals surface area contributed by atoms with Crippen LogP contribution >= 0.6 is 0 Å². The number of methoxy groups -OCH3 is 1. The quantitative estimate of drug-likeness (QED) is 0.557. The highest BCUT2D eigenvalue weighted by Gasteiger charge is 2.71. The van der Waals surface area contributed by atoms with E-state index in [4.69, 9.17) is 18.9 Å². The summed E-state index contributed by atoms with van der Waals surface area (Å²) in [5.41, 5.74) is -0.368. The van der Waals surface area contributed by atoms with Crippen LogP contribution in [0.4, 0.5) is 0 Å². The Morgan fingerprint density at radius 3 is 3.00 bits per heavy atom. The van der Waals surface area contributed by atoms with Crippen LogP contribution in [0.5, 0.6) is 0 Å². The molecule has 2 saturated heterocycles. The van der Waals surface area contributed by atoms with E-state index >= 15 is 0 Å². The Morgan fingerprint density at radius 1 is 1.48 bits per heavy atom. The van der Waals surface area contributed by atoms with Gasteiger partial charge in [0.1, 0.15) is 6.10 Å². The Hall–Kier alpha value is -1.82. The van der Waals surface area contributed by atoms with Crippen molar-refractivity contribution in [1.82, 2.24) is 0 Å². The van der Waals surface area contributed by atoms with Crippen LogP contribution < -0.4 is 0 Å². The van der Waals surface area contributed by atoms with Crippen LogP contribution in [0.25, 0.3) is 0 Å². The second kappa shape index (κ2) is 4.10. The van der Waals surface area contributed by atoms with Crippen LogP contribution in [0.15, 0.2) is 24.0 Å². The fourth-order valence-corrected chi connectivity index (χ4v) is 4.03. The molecule has 4 rings (SSSR count). The first-order chi connectivity index (χ1) is 10.1. The Balaban J connectivity index is 1.74. The third-order valence-corrected chi connectivity index (χ3v) is 4.99. The summed E-state index contributed by atoms with van der Waals surface area (Å²) in [5, 5.41) is 0. The molecular formula is C15H16O6. The van der Waals surface area contributed by atoms with Crippen molar-refractivity contribution in [2.75, 3.05) is 7.11 Å². The van der Waals surface area contributed by atoms with Gasteiger partial charge < -0.3 is 18.9 Å². The van der Waals surface area contributed by atoms with Gasteiger partial charge in [0.25, 0.3) is 0 Å². The molecule has 6 nitrogen and oxygen atoms in total. The summed E-state index contributed by atoms with van der Waals surface area (Å²) >= 11 is 0. The molecule has 0 N–H and O–H groups in total. The van der Waals surface area contributed by atoms with E-state index in [0.717, 1.165) is 0 Å². The van der Waals surface area contributed by atoms with Crippen molar-refractivity contribution in [3.63, 3.8) is 0 Å². The van der Waals surface area contributed by atoms with Crippen molar-refractivity contribution in [1.29, 1.82) is 0 Å². The van der Waals surface area contributed by atoms with Crippen molar-refractivity contribution in [3.8, 4) is 0 Å². The fourth-order valence-electron chi connectivity index (χ4n) is 4.03. The molecule has 6 heteroatoms. The minimum atomic E-state index is -0.805. The summed E-state index contributed by atoms with van der Waals surface area (Å²) in [6.07, 6.45) is 4.99. The van der Waals surface area contributed by atoms with E-state index < -0.39 is 17.9 Å². The smallest absolute Gasteiger partial charge is 0.337 e. The van der Waals surface area contributed by atoms with Crippen molar-refractivity contribution in [2.24, 2.45) is 17.8 Å². The molecule has 0 bridgehead atoms. The van der Waals surface area contributed by atoms with E-state index in [1.165, 1.54) is 13.4 Å². The summed E-state index contributed by atoms with van der Waals surface area (Å²) in [5.74, 6) is -1.38. The molecule has 0 radical (unpaired) electrons. The van der Waals surface area contributed by atoms with Crippen molar-refractivity contribution < 1.29 is 28.5 Å². The Labute approximate surface area is 121 Å². The van der Waals surface area contributed by atoms with Gasteiger partial charge in [0.15, 0.2) is 5.60 Å². The summed E-state index contributed by atoms with van der Waals surface area (Å²) in [6, 6.07) is 0. The monoisotopic (exact) mass is 292 g/mol. The molecule has 0 aromatic rings. The van der Waals surface area contributed by atoms with E-state index in [0.29, 0.717) is 12.0 Å². The van der Waals surface area contributed by atoms with Crippen LogP contribution in [0.2, 0.25) is 0 Å². The molecule has 4 aliphatic rings. The molecule has 3 aliphatic heterocycles. The zero-order valence-electron chi connectivity index (χ0n) is 11.8. The molecule has 3 heterocycles. The Bertz CT molecular complexity index is 579. The lowest BCUT2D eigenvalue weighted by Crippen LogP contribution is -2.43. The van der Waals surface area contributed by atoms with Gasteiger partial charge in [-0.2, -0.15) is 0 Å². The lowest BCUT2D eigenvalue weighted by molar-refractivity contribution is -0.162. The largest absolute Gasteiger partial charge is 0.471 e. The number of ether oxygens (including phenoxy) is 4. The van der Waals surface area contributed by atoms with E-state index in [9.17, 15) is 9.59 Å². The zero-order chi connectivity index (χ0) is 14.8. The molecule has 2 fully saturated rings. The molecule has 6 unspecified atom stereocenters. The van der Waals surface area contributed by atoms with Gasteiger partial charge in [-0.1, -0.05) is 13.0 Å². The van der Waals surface area contributed by atoms with Crippen molar-refractivity contribution >= 4 is 11.9 Å². The van der Waals surface area contributed by atoms with E-state index in [1.54, 1.807) is 0 Å². The number of esters is 2. The summed E-state index contributed by atoms with van der Waals surface area (Å²) in [6.45, 7) is 1.94. The standard InChI is InChI=1S/C15H16O6/c1-3-7-11-15(21-13(7)17)5-4-8-9(12(16)18-2)6-19-14(20-11)10(8)15/h4-8,10-11,14H,3H2,1-2H3. The first-order valence-corrected chi connectivity index (χ1v) is 7.14. The first kappa shape index (κ1) is 12.9. The maximum atomic E-state index is 12.1. The fraction of sp³-hybridized carbons (Fsp3) is 0.600. The molecule has 1 aliphatic carbocycles. The maximum absolute atomic E-state index is 12.1. The van der Waals surface area contributed by atoms with Gasteiger partial charge in [0, 0.05) is 5.92 Å². The van der Waals surface area contributed by atoms with Gasteiger partial charge in [-0.15, -0.1) is 0 Å². The predicted molar refractivity (Wildman–Crippen MR) is 68.6 cm³/mol. The number of hydrogen-bond donors (Lipinski definition) is 0. The van der Waals surface area contributed by atoms with Gasteiger partial charge >= 0.3 is 11.9 Å². The average molecular weight is 292 g/mol. The molecule has 0 aromatic heterocycles. The summed E-state index contributed by atoms with van der Waals surface area (Å²) in [7, 11) is 1.33. The van der Waals surface area contributed by atoms with Crippen LogP contribution in [-0.4, -0.2) is 37.0 Å². The van der Waals surface area contributed by atoms with Gasteiger partial charge in [-0.05, 0) is 12.5 Å². The van der Waals surface area contributed by atoms with Crippen LogP contribution in [0, 0.1) is 17.8 Å². The molecule has 0 saturated carbocycles. The van der Waals surface area contributed by atoms with E-state index in [2.05, 4.69) is 0 Å². The van der Waals surface area contributed by atoms with Crippen LogP contribution in [0.1, 0.15) is 13.3 Å². The maximum Gasteiger partial charge on any atom is 0.337 e. The highest BCUT2D eigenvalue weighted by molar-refractivity contribution is 5.90. The lowest BCUT2D eigenvalue weighted by Gasteiger charge is -2.32. The SMILES string of the molecule is CCC1C(=O)OC23C=CC4C(C(=O)OC)=COC(OC12)C43. The first-order valence-electron chi connectivity index (χ1n) is 7.14. The average Bonchev–Trinajstić information content (AvgIpc) is 3.08. The van der Waals surface area contributed by atoms with Gasteiger partial charge in [-0.25, -0.2) is 4.79 Å². The van der Waals surface area contributed by atoms with Crippen LogP contribution in [-0.2, 0) is 28.5 Å². The topological polar surface area (TPSA) is 71.1 Å². The predicted octanol–water partition coefficient (Wildman–Crippen LogP) is 0.922. The van der Waals surface area contributed by atoms with Gasteiger partial charge in [-0.3, -0.25) is 4.79 Å². The van der Waals surface area contributed by atoms with E-state index in [-0.39, 0.29) is 29.8 Å². The molecule has 0 amide bonds. The molecule has 0 aromatic carbocycles. The second-order valence-electron chi connectivity index (χ2n) is 5.83. The third-order valence-electron chi connectivity index (χ3n) is 4.99. The molecular weight excluding hydrogens is 276 g/mol. The molecule has 112 valence electrons. The summed E-state index contributed by atoms with van der Waals surface area (Å²) < 4.78 is 22.0. The Kier molecular flexibility index (Phi) is 2.52. The number of hydrogen-bond acceptors (Lipinski definition) is 6. The van der Waals surface area contributed by atoms with Gasteiger partial charge in [0.05, 0.1) is 30.8 Å². The lowest BCUT2D eigenvalue weighted by atomic mass is 9.77. The van der Waals surface area contributed by atoms with Crippen molar-refractivity contribution in [2.45, 2.75) is 31.3 Å². The molecule has 1 spiro atoms. The van der Waals surface area contributed by atoms with E-state index in [1.807, 2.05) is 19.1 Å². The highest BCUT2D eigenvalue weighted by Crippen LogP contribution is 2.58. The second-order valence-corrected chi connectivity index (χ2v) is 5.83. The third kappa shape index (κ3) is 1.41. The van der Waals surface area contributed by atoms with Crippen LogP contribution in [0.3, 0.4) is 0 Å². The van der Waals surface area contributed by atoms with Gasteiger partial charge in [0.2, 0.25) is 6.29 Å². The number of carbonyl (C=O) groups excluding carboxylic acids is 2. The van der Waals surface area contributed by atoms with Crippen molar-refractivity contribution in [3.05, 3.63) is 24.0 Å². The number of allylic oxidation sites excluding steroid dienone is 1. The molecule has 6 atom stereocenters. The Morgan fingerprint density at radius 2 is 2.29 bits per heavy atom. The number of rotatable bonds is 2. The zero-order valence-corrected chi connectivity index (χ0v) is 11.8. The summed E-state index contributed by atoms with van der Waals surface area (Å²) in [4.78, 5) is 23.9. The minimum Gasteiger partial charge on any atom is -0.471 e. The highest BCUT2D eigenvalue weighted by atomic mass is 16.7. The number of carbonyl (C=O) groups is 2. The molecule has 21 heavy (non-hydrogen) atoms. The minimum absolute atomic E-state index is 0.204. The normalized spacial score (nSPS) is 45.5.